The van der Waals surface area contributed by atoms with E-state index < -0.39 is 0 Å². The van der Waals surface area contributed by atoms with Gasteiger partial charge in [0, 0.05) is 17.3 Å². The van der Waals surface area contributed by atoms with Gasteiger partial charge >= 0.3 is 0 Å². The summed E-state index contributed by atoms with van der Waals surface area (Å²) in [6, 6.07) is 22.5. The second-order valence-corrected chi connectivity index (χ2v) is 6.49. The maximum Gasteiger partial charge on any atom is 0.267 e. The van der Waals surface area contributed by atoms with Crippen molar-refractivity contribution in [3.63, 3.8) is 0 Å². The average Bonchev–Trinajstić information content (AvgIpc) is 2.69. The van der Waals surface area contributed by atoms with Crippen LogP contribution in [0.2, 0.25) is 0 Å². The van der Waals surface area contributed by atoms with Crippen LogP contribution in [0.1, 0.15) is 5.69 Å². The molecule has 0 saturated carbocycles. The van der Waals surface area contributed by atoms with Crippen molar-refractivity contribution in [1.82, 2.24) is 14.8 Å². The number of pyridine rings is 1. The highest BCUT2D eigenvalue weighted by molar-refractivity contribution is 5.89. The quantitative estimate of drug-likeness (QED) is 0.597. The van der Waals surface area contributed by atoms with Crippen LogP contribution >= 0.6 is 0 Å². The molecule has 28 heavy (non-hydrogen) atoms. The molecule has 2 aromatic carbocycles. The third-order valence-electron chi connectivity index (χ3n) is 4.36. The molecule has 2 aromatic heterocycles. The first-order chi connectivity index (χ1) is 13.6. The summed E-state index contributed by atoms with van der Waals surface area (Å²) in [5.41, 5.74) is 1.98. The third kappa shape index (κ3) is 3.81. The summed E-state index contributed by atoms with van der Waals surface area (Å²) in [7, 11) is 0. The van der Waals surface area contributed by atoms with Crippen LogP contribution in [0.25, 0.3) is 22.0 Å². The summed E-state index contributed by atoms with van der Waals surface area (Å²) >= 11 is 0. The van der Waals surface area contributed by atoms with E-state index in [0.29, 0.717) is 11.5 Å². The molecule has 6 heteroatoms. The highest BCUT2D eigenvalue weighted by Gasteiger charge is 2.09. The van der Waals surface area contributed by atoms with Crippen molar-refractivity contribution in [2.45, 2.75) is 13.5 Å². The zero-order chi connectivity index (χ0) is 19.5. The van der Waals surface area contributed by atoms with E-state index in [-0.39, 0.29) is 18.0 Å². The van der Waals surface area contributed by atoms with E-state index in [2.05, 4.69) is 15.4 Å². The first-order valence-corrected chi connectivity index (χ1v) is 8.89. The molecule has 4 aromatic rings. The van der Waals surface area contributed by atoms with Crippen molar-refractivity contribution in [3.8, 4) is 11.3 Å². The molecule has 0 aliphatic carbocycles. The standard InChI is InChI=1S/C22H18N4O2/c1-15-5-4-8-20(23-15)24-21(27)14-26-22(28)12-11-19(25-26)18-10-9-16-6-2-3-7-17(16)13-18/h2-13H,14H2,1H3,(H,23,24,27). The van der Waals surface area contributed by atoms with Crippen molar-refractivity contribution in [3.05, 3.63) is 88.8 Å². The Balaban J connectivity index is 1.59. The van der Waals surface area contributed by atoms with Gasteiger partial charge in [-0.15, -0.1) is 0 Å². The van der Waals surface area contributed by atoms with Crippen LogP contribution in [0.3, 0.4) is 0 Å². The van der Waals surface area contributed by atoms with Gasteiger partial charge in [0.2, 0.25) is 5.91 Å². The van der Waals surface area contributed by atoms with Crippen molar-refractivity contribution >= 4 is 22.5 Å². The van der Waals surface area contributed by atoms with E-state index in [1.165, 1.54) is 6.07 Å². The third-order valence-corrected chi connectivity index (χ3v) is 4.36. The summed E-state index contributed by atoms with van der Waals surface area (Å²) in [5, 5.41) is 9.28. The number of nitrogens with one attached hydrogen (secondary N) is 1. The van der Waals surface area contributed by atoms with Crippen molar-refractivity contribution in [1.29, 1.82) is 0 Å². The highest BCUT2D eigenvalue weighted by Crippen LogP contribution is 2.22. The lowest BCUT2D eigenvalue weighted by atomic mass is 10.1. The van der Waals surface area contributed by atoms with Gasteiger partial charge in [0.1, 0.15) is 12.4 Å². The molecule has 0 aliphatic heterocycles. The Bertz CT molecular complexity index is 1230. The summed E-state index contributed by atoms with van der Waals surface area (Å²) < 4.78 is 1.16. The molecular formula is C22H18N4O2. The number of amides is 1. The number of hydrogen-bond donors (Lipinski definition) is 1. The Kier molecular flexibility index (Phi) is 4.68. The smallest absolute Gasteiger partial charge is 0.267 e. The van der Waals surface area contributed by atoms with Crippen LogP contribution in [-0.4, -0.2) is 20.7 Å². The maximum atomic E-state index is 12.3. The monoisotopic (exact) mass is 370 g/mol. The number of hydrogen-bond acceptors (Lipinski definition) is 4. The Morgan fingerprint density at radius 1 is 0.964 bits per heavy atom. The lowest BCUT2D eigenvalue weighted by Crippen LogP contribution is -2.29. The minimum absolute atomic E-state index is 0.185. The number of carbonyl (C=O) groups excluding carboxylic acids is 1. The SMILES string of the molecule is Cc1cccc(NC(=O)Cn2nc(-c3ccc4ccccc4c3)ccc2=O)n1. The molecule has 2 heterocycles. The number of rotatable bonds is 4. The maximum absolute atomic E-state index is 12.3. The number of nitrogens with zero attached hydrogens (tertiary/aromatic N) is 3. The minimum atomic E-state index is -0.358. The number of fused-ring (bicyclic) bond motifs is 1. The molecule has 0 saturated heterocycles. The normalized spacial score (nSPS) is 10.8. The molecule has 1 amide bonds. The molecule has 0 bridgehead atoms. The van der Waals surface area contributed by atoms with E-state index in [0.717, 1.165) is 26.7 Å². The number of carbonyl (C=O) groups is 1. The predicted octanol–water partition coefficient (Wildman–Crippen LogP) is 3.41. The molecule has 0 unspecified atom stereocenters. The van der Waals surface area contributed by atoms with E-state index in [1.54, 1.807) is 12.1 Å². The van der Waals surface area contributed by atoms with Gasteiger partial charge in [-0.2, -0.15) is 5.10 Å². The fraction of sp³-hybridized carbons (Fsp3) is 0.0909. The average molecular weight is 370 g/mol. The lowest BCUT2D eigenvalue weighted by Gasteiger charge is -2.09. The van der Waals surface area contributed by atoms with Crippen LogP contribution in [0.15, 0.2) is 77.6 Å². The molecule has 1 N–H and O–H groups in total. The van der Waals surface area contributed by atoms with Gasteiger partial charge in [-0.05, 0) is 42.0 Å². The lowest BCUT2D eigenvalue weighted by molar-refractivity contribution is -0.117. The molecule has 138 valence electrons. The fourth-order valence-electron chi connectivity index (χ4n) is 3.00. The van der Waals surface area contributed by atoms with Gasteiger partial charge in [0.05, 0.1) is 5.69 Å². The zero-order valence-corrected chi connectivity index (χ0v) is 15.3. The first-order valence-electron chi connectivity index (χ1n) is 8.89. The second kappa shape index (κ2) is 7.44. The van der Waals surface area contributed by atoms with Gasteiger partial charge in [0.15, 0.2) is 0 Å². The molecule has 0 spiro atoms. The molecule has 6 nitrogen and oxygen atoms in total. The van der Waals surface area contributed by atoms with Crippen molar-refractivity contribution < 1.29 is 4.79 Å². The van der Waals surface area contributed by atoms with Crippen LogP contribution in [-0.2, 0) is 11.3 Å². The highest BCUT2D eigenvalue weighted by atomic mass is 16.2. The van der Waals surface area contributed by atoms with Gasteiger partial charge < -0.3 is 5.32 Å². The molecule has 0 radical (unpaired) electrons. The van der Waals surface area contributed by atoms with Gasteiger partial charge in [0.25, 0.3) is 5.56 Å². The van der Waals surface area contributed by atoms with Gasteiger partial charge in [-0.25, -0.2) is 9.67 Å². The Morgan fingerprint density at radius 3 is 2.61 bits per heavy atom. The zero-order valence-electron chi connectivity index (χ0n) is 15.3. The van der Waals surface area contributed by atoms with Crippen molar-refractivity contribution in [2.24, 2.45) is 0 Å². The van der Waals surface area contributed by atoms with Crippen LogP contribution in [0, 0.1) is 6.92 Å². The molecule has 0 fully saturated rings. The summed E-state index contributed by atoms with van der Waals surface area (Å²) in [4.78, 5) is 28.7. The first kappa shape index (κ1) is 17.6. The Hall–Kier alpha value is -3.80. The fourth-order valence-corrected chi connectivity index (χ4v) is 3.00. The Morgan fingerprint density at radius 2 is 1.79 bits per heavy atom. The van der Waals surface area contributed by atoms with Crippen LogP contribution < -0.4 is 10.9 Å². The number of benzene rings is 2. The summed E-state index contributed by atoms with van der Waals surface area (Å²) in [6.07, 6.45) is 0. The largest absolute Gasteiger partial charge is 0.309 e. The van der Waals surface area contributed by atoms with Gasteiger partial charge in [-0.1, -0.05) is 42.5 Å². The molecule has 0 aliphatic rings. The Labute approximate surface area is 161 Å². The van der Waals surface area contributed by atoms with Crippen LogP contribution in [0.4, 0.5) is 5.82 Å². The predicted molar refractivity (Wildman–Crippen MR) is 109 cm³/mol. The minimum Gasteiger partial charge on any atom is -0.309 e. The van der Waals surface area contributed by atoms with Gasteiger partial charge in [-0.3, -0.25) is 9.59 Å². The van der Waals surface area contributed by atoms with E-state index in [1.807, 2.05) is 61.5 Å². The molecular weight excluding hydrogens is 352 g/mol. The second-order valence-electron chi connectivity index (χ2n) is 6.49. The van der Waals surface area contributed by atoms with E-state index in [9.17, 15) is 9.59 Å². The topological polar surface area (TPSA) is 76.9 Å². The number of anilines is 1. The van der Waals surface area contributed by atoms with E-state index >= 15 is 0 Å². The van der Waals surface area contributed by atoms with Crippen molar-refractivity contribution in [2.75, 3.05) is 5.32 Å². The number of aromatic nitrogens is 3. The molecule has 4 rings (SSSR count). The number of aryl methyl sites for hydroxylation is 1. The van der Waals surface area contributed by atoms with E-state index in [4.69, 9.17) is 0 Å². The molecule has 0 atom stereocenters. The summed E-state index contributed by atoms with van der Waals surface area (Å²) in [5.74, 6) is 0.0899. The summed E-state index contributed by atoms with van der Waals surface area (Å²) in [6.45, 7) is 1.66. The van der Waals surface area contributed by atoms with Crippen LogP contribution in [0.5, 0.6) is 0 Å².